The number of nitrogens with zero attached hydrogens (tertiary/aromatic N) is 1. The Morgan fingerprint density at radius 3 is 2.35 bits per heavy atom. The summed E-state index contributed by atoms with van der Waals surface area (Å²) in [6.45, 7) is 2.67. The Hall–Kier alpha value is -1.15. The molecule has 8 heteroatoms. The van der Waals surface area contributed by atoms with Gasteiger partial charge in [-0.05, 0) is 19.8 Å². The molecule has 17 heavy (non-hydrogen) atoms. The molecule has 98 valence electrons. The molecule has 1 atom stereocenters. The van der Waals surface area contributed by atoms with Crippen molar-refractivity contribution in [2.24, 2.45) is 0 Å². The van der Waals surface area contributed by atoms with Gasteiger partial charge in [0.2, 0.25) is 15.9 Å². The predicted molar refractivity (Wildman–Crippen MR) is 59.8 cm³/mol. The van der Waals surface area contributed by atoms with Crippen LogP contribution in [0, 0.1) is 0 Å². The highest BCUT2D eigenvalue weighted by Gasteiger charge is 2.27. The van der Waals surface area contributed by atoms with Crippen molar-refractivity contribution in [2.75, 3.05) is 18.8 Å². The second-order valence-electron chi connectivity index (χ2n) is 4.02. The van der Waals surface area contributed by atoms with Gasteiger partial charge in [0, 0.05) is 13.1 Å². The summed E-state index contributed by atoms with van der Waals surface area (Å²) in [7, 11) is -3.95. The molecular formula is C9H16N2O5S. The quantitative estimate of drug-likeness (QED) is 0.663. The predicted octanol–water partition coefficient (Wildman–Crippen LogP) is -0.999. The number of sulfonamides is 1. The normalized spacial score (nSPS) is 18.1. The van der Waals surface area contributed by atoms with Gasteiger partial charge in [-0.15, -0.1) is 0 Å². The molecule has 0 radical (unpaired) electrons. The Balaban J connectivity index is 2.56. The second kappa shape index (κ2) is 5.46. The molecule has 1 fully saturated rings. The zero-order valence-corrected chi connectivity index (χ0v) is 10.4. The molecule has 1 aliphatic rings. The Morgan fingerprint density at radius 1 is 1.35 bits per heavy atom. The Labute approximate surface area is 99.8 Å². The first-order valence-electron chi connectivity index (χ1n) is 5.32. The number of carboxylic acids is 1. The molecule has 0 aromatic carbocycles. The van der Waals surface area contributed by atoms with Crippen LogP contribution in [0.1, 0.15) is 19.8 Å². The van der Waals surface area contributed by atoms with E-state index in [1.807, 2.05) is 0 Å². The summed E-state index contributed by atoms with van der Waals surface area (Å²) in [6, 6.07) is -0.919. The zero-order valence-electron chi connectivity index (χ0n) is 9.55. The second-order valence-corrected chi connectivity index (χ2v) is 5.78. The number of carbonyl (C=O) groups excluding carboxylic acids is 1. The third-order valence-electron chi connectivity index (χ3n) is 2.46. The maximum atomic E-state index is 11.8. The summed E-state index contributed by atoms with van der Waals surface area (Å²) in [5, 5.41) is 8.40. The number of rotatable bonds is 5. The fraction of sp³-hybridized carbons (Fsp3) is 0.778. The van der Waals surface area contributed by atoms with Gasteiger partial charge in [0.25, 0.3) is 0 Å². The van der Waals surface area contributed by atoms with E-state index < -0.39 is 27.8 Å². The third kappa shape index (κ3) is 4.31. The Bertz CT molecular complexity index is 400. The van der Waals surface area contributed by atoms with E-state index in [0.717, 1.165) is 12.8 Å². The lowest BCUT2D eigenvalue weighted by molar-refractivity contribution is -0.134. The molecule has 0 aliphatic carbocycles. The van der Waals surface area contributed by atoms with Crippen molar-refractivity contribution in [3.63, 3.8) is 0 Å². The van der Waals surface area contributed by atoms with Crippen LogP contribution in [0.25, 0.3) is 0 Å². The molecule has 1 amide bonds. The van der Waals surface area contributed by atoms with E-state index in [-0.39, 0.29) is 5.91 Å². The summed E-state index contributed by atoms with van der Waals surface area (Å²) in [5.41, 5.74) is 0. The molecular weight excluding hydrogens is 248 g/mol. The largest absolute Gasteiger partial charge is 0.480 e. The molecule has 1 saturated heterocycles. The van der Waals surface area contributed by atoms with E-state index in [2.05, 4.69) is 4.72 Å². The number of aliphatic carboxylic acids is 1. The third-order valence-corrected chi connectivity index (χ3v) is 3.80. The number of hydrogen-bond donors (Lipinski definition) is 2. The molecule has 1 heterocycles. The van der Waals surface area contributed by atoms with Gasteiger partial charge >= 0.3 is 5.97 Å². The van der Waals surface area contributed by atoms with E-state index in [1.54, 1.807) is 4.90 Å². The van der Waals surface area contributed by atoms with E-state index in [0.29, 0.717) is 13.1 Å². The average Bonchev–Trinajstić information content (AvgIpc) is 2.65. The number of carbonyl (C=O) groups is 2. The summed E-state index contributed by atoms with van der Waals surface area (Å²) in [4.78, 5) is 23.6. The SMILES string of the molecule is CC(NS(=O)(=O)CC(=O)O)C(=O)N1CCCC1. The van der Waals surface area contributed by atoms with Crippen LogP contribution in [-0.4, -0.2) is 55.2 Å². The van der Waals surface area contributed by atoms with Crippen LogP contribution in [0.5, 0.6) is 0 Å². The van der Waals surface area contributed by atoms with Gasteiger partial charge in [-0.2, -0.15) is 0 Å². The van der Waals surface area contributed by atoms with Gasteiger partial charge in [-0.25, -0.2) is 13.1 Å². The van der Waals surface area contributed by atoms with Crippen LogP contribution in [0.15, 0.2) is 0 Å². The van der Waals surface area contributed by atoms with Crippen LogP contribution in [-0.2, 0) is 19.6 Å². The molecule has 0 spiro atoms. The van der Waals surface area contributed by atoms with Crippen molar-refractivity contribution < 1.29 is 23.1 Å². The van der Waals surface area contributed by atoms with Crippen LogP contribution < -0.4 is 4.72 Å². The van der Waals surface area contributed by atoms with Gasteiger partial charge in [0.15, 0.2) is 5.75 Å². The molecule has 1 aliphatic heterocycles. The monoisotopic (exact) mass is 264 g/mol. The molecule has 0 bridgehead atoms. The minimum atomic E-state index is -3.95. The lowest BCUT2D eigenvalue weighted by atomic mass is 10.3. The van der Waals surface area contributed by atoms with Gasteiger partial charge < -0.3 is 10.0 Å². The lowest BCUT2D eigenvalue weighted by Crippen LogP contribution is -2.47. The molecule has 2 N–H and O–H groups in total. The Morgan fingerprint density at radius 2 is 1.88 bits per heavy atom. The van der Waals surface area contributed by atoms with Crippen molar-refractivity contribution >= 4 is 21.9 Å². The van der Waals surface area contributed by atoms with E-state index in [9.17, 15) is 18.0 Å². The van der Waals surface area contributed by atoms with E-state index in [4.69, 9.17) is 5.11 Å². The minimum absolute atomic E-state index is 0.309. The summed E-state index contributed by atoms with van der Waals surface area (Å²) in [6.07, 6.45) is 1.83. The first-order chi connectivity index (χ1) is 7.82. The molecule has 0 aromatic rings. The van der Waals surface area contributed by atoms with Crippen molar-refractivity contribution in [1.82, 2.24) is 9.62 Å². The van der Waals surface area contributed by atoms with Crippen LogP contribution in [0.4, 0.5) is 0 Å². The maximum Gasteiger partial charge on any atom is 0.320 e. The van der Waals surface area contributed by atoms with Gasteiger partial charge in [-0.3, -0.25) is 9.59 Å². The van der Waals surface area contributed by atoms with Crippen molar-refractivity contribution in [1.29, 1.82) is 0 Å². The van der Waals surface area contributed by atoms with Gasteiger partial charge in [0.05, 0.1) is 6.04 Å². The number of nitrogens with one attached hydrogen (secondary N) is 1. The highest BCUT2D eigenvalue weighted by atomic mass is 32.2. The Kier molecular flexibility index (Phi) is 4.47. The summed E-state index contributed by atoms with van der Waals surface area (Å²) >= 11 is 0. The smallest absolute Gasteiger partial charge is 0.320 e. The number of carboxylic acid groups (broad SMARTS) is 1. The fourth-order valence-corrected chi connectivity index (χ4v) is 2.78. The molecule has 1 rings (SSSR count). The van der Waals surface area contributed by atoms with E-state index in [1.165, 1.54) is 6.92 Å². The highest BCUT2D eigenvalue weighted by Crippen LogP contribution is 2.09. The van der Waals surface area contributed by atoms with Crippen molar-refractivity contribution in [3.8, 4) is 0 Å². The van der Waals surface area contributed by atoms with Crippen molar-refractivity contribution in [2.45, 2.75) is 25.8 Å². The topological polar surface area (TPSA) is 104 Å². The number of amides is 1. The fourth-order valence-electron chi connectivity index (χ4n) is 1.74. The first kappa shape index (κ1) is 13.9. The van der Waals surface area contributed by atoms with E-state index >= 15 is 0 Å². The number of likely N-dealkylation sites (tertiary alicyclic amines) is 1. The van der Waals surface area contributed by atoms with Crippen LogP contribution in [0.2, 0.25) is 0 Å². The molecule has 7 nitrogen and oxygen atoms in total. The summed E-state index contributed by atoms with van der Waals surface area (Å²) < 4.78 is 24.7. The first-order valence-corrected chi connectivity index (χ1v) is 6.97. The number of hydrogen-bond acceptors (Lipinski definition) is 4. The molecule has 1 unspecified atom stereocenters. The lowest BCUT2D eigenvalue weighted by Gasteiger charge is -2.20. The highest BCUT2D eigenvalue weighted by molar-refractivity contribution is 7.90. The zero-order chi connectivity index (χ0) is 13.1. The maximum absolute atomic E-state index is 11.8. The molecule has 0 aromatic heterocycles. The minimum Gasteiger partial charge on any atom is -0.480 e. The average molecular weight is 264 g/mol. The van der Waals surface area contributed by atoms with Crippen LogP contribution in [0.3, 0.4) is 0 Å². The molecule has 0 saturated carbocycles. The van der Waals surface area contributed by atoms with Gasteiger partial charge in [0.1, 0.15) is 0 Å². The van der Waals surface area contributed by atoms with Gasteiger partial charge in [-0.1, -0.05) is 0 Å². The summed E-state index contributed by atoms with van der Waals surface area (Å²) in [5.74, 6) is -2.78. The van der Waals surface area contributed by atoms with Crippen LogP contribution >= 0.6 is 0 Å². The standard InChI is InChI=1S/C9H16N2O5S/c1-7(9(14)11-4-2-3-5-11)10-17(15,16)6-8(12)13/h7,10H,2-6H2,1H3,(H,12,13). The van der Waals surface area contributed by atoms with Crippen molar-refractivity contribution in [3.05, 3.63) is 0 Å².